The highest BCUT2D eigenvalue weighted by Gasteiger charge is 2.35. The number of hydrogen-bond donors (Lipinski definition) is 0. The molecule has 1 unspecified atom stereocenters. The standard InChI is InChI=1S/C13H14BrFO2/c1-13(2,3)12(17)10(15)11(16)8-6-4-5-7-9(8)14/h4-7,10H,1-3H3. The Balaban J connectivity index is 3.00. The van der Waals surface area contributed by atoms with Crippen molar-refractivity contribution in [2.45, 2.75) is 26.9 Å². The van der Waals surface area contributed by atoms with Crippen LogP contribution in [0, 0.1) is 5.41 Å². The molecular formula is C13H14BrFO2. The third-order valence-electron chi connectivity index (χ3n) is 2.34. The molecule has 17 heavy (non-hydrogen) atoms. The van der Waals surface area contributed by atoms with Crippen LogP contribution >= 0.6 is 15.9 Å². The van der Waals surface area contributed by atoms with Crippen LogP contribution in [0.5, 0.6) is 0 Å². The molecule has 0 N–H and O–H groups in total. The molecule has 1 atom stereocenters. The van der Waals surface area contributed by atoms with Gasteiger partial charge in [0.2, 0.25) is 12.0 Å². The smallest absolute Gasteiger partial charge is 0.221 e. The molecule has 92 valence electrons. The molecule has 0 aliphatic heterocycles. The number of Topliss-reactive ketones (excluding diaryl/α,β-unsaturated/α-hetero) is 2. The average Bonchev–Trinajstić information content (AvgIpc) is 2.25. The van der Waals surface area contributed by atoms with Gasteiger partial charge in [-0.25, -0.2) is 4.39 Å². The molecule has 1 aromatic rings. The Morgan fingerprint density at radius 3 is 2.24 bits per heavy atom. The van der Waals surface area contributed by atoms with Gasteiger partial charge in [0.05, 0.1) is 0 Å². The predicted molar refractivity (Wildman–Crippen MR) is 67.8 cm³/mol. The second kappa shape index (κ2) is 5.08. The Morgan fingerprint density at radius 1 is 1.24 bits per heavy atom. The van der Waals surface area contributed by atoms with Crippen molar-refractivity contribution in [3.63, 3.8) is 0 Å². The lowest BCUT2D eigenvalue weighted by atomic mass is 9.86. The third kappa shape index (κ3) is 3.22. The number of carbonyl (C=O) groups excluding carboxylic acids is 2. The highest BCUT2D eigenvalue weighted by molar-refractivity contribution is 9.10. The molecule has 0 spiro atoms. The van der Waals surface area contributed by atoms with Gasteiger partial charge >= 0.3 is 0 Å². The Kier molecular flexibility index (Phi) is 4.20. The number of halogens is 2. The number of rotatable bonds is 3. The Bertz CT molecular complexity index is 449. The molecule has 0 aliphatic rings. The Hall–Kier alpha value is -1.03. The molecular weight excluding hydrogens is 287 g/mol. The summed E-state index contributed by atoms with van der Waals surface area (Å²) in [7, 11) is 0. The molecule has 0 radical (unpaired) electrons. The van der Waals surface area contributed by atoms with Gasteiger partial charge in [-0.15, -0.1) is 0 Å². The van der Waals surface area contributed by atoms with E-state index in [9.17, 15) is 14.0 Å². The van der Waals surface area contributed by atoms with Gasteiger partial charge in [-0.2, -0.15) is 0 Å². The monoisotopic (exact) mass is 300 g/mol. The van der Waals surface area contributed by atoms with Gasteiger partial charge < -0.3 is 0 Å². The van der Waals surface area contributed by atoms with E-state index < -0.39 is 23.2 Å². The van der Waals surface area contributed by atoms with Gasteiger partial charge in [0.1, 0.15) is 0 Å². The zero-order chi connectivity index (χ0) is 13.2. The minimum atomic E-state index is -2.10. The van der Waals surface area contributed by atoms with Crippen molar-refractivity contribution in [3.8, 4) is 0 Å². The summed E-state index contributed by atoms with van der Waals surface area (Å²) in [6.07, 6.45) is -2.10. The maximum absolute atomic E-state index is 13.8. The van der Waals surface area contributed by atoms with E-state index >= 15 is 0 Å². The van der Waals surface area contributed by atoms with E-state index in [4.69, 9.17) is 0 Å². The molecule has 1 rings (SSSR count). The molecule has 4 heteroatoms. The summed E-state index contributed by atoms with van der Waals surface area (Å²) in [5.74, 6) is -1.49. The summed E-state index contributed by atoms with van der Waals surface area (Å²) in [5.41, 5.74) is -0.673. The number of alkyl halides is 1. The van der Waals surface area contributed by atoms with Crippen LogP contribution in [0.25, 0.3) is 0 Å². The molecule has 0 amide bonds. The van der Waals surface area contributed by atoms with Crippen LogP contribution in [0.3, 0.4) is 0 Å². The van der Waals surface area contributed by atoms with Crippen LogP contribution in [-0.4, -0.2) is 17.7 Å². The highest BCUT2D eigenvalue weighted by atomic mass is 79.9. The second-order valence-corrected chi connectivity index (χ2v) is 5.68. The molecule has 0 heterocycles. The number of hydrogen-bond acceptors (Lipinski definition) is 2. The normalized spacial score (nSPS) is 13.2. The quantitative estimate of drug-likeness (QED) is 0.631. The zero-order valence-corrected chi connectivity index (χ0v) is 11.5. The lowest BCUT2D eigenvalue weighted by Crippen LogP contribution is -2.35. The minimum absolute atomic E-state index is 0.192. The Labute approximate surface area is 108 Å². The van der Waals surface area contributed by atoms with Gasteiger partial charge in [0.25, 0.3) is 0 Å². The van der Waals surface area contributed by atoms with Gasteiger partial charge in [0.15, 0.2) is 5.78 Å². The molecule has 0 saturated carbocycles. The fourth-order valence-corrected chi connectivity index (χ4v) is 1.78. The van der Waals surface area contributed by atoms with Crippen LogP contribution in [0.1, 0.15) is 31.1 Å². The summed E-state index contributed by atoms with van der Waals surface area (Å²) < 4.78 is 14.3. The number of carbonyl (C=O) groups is 2. The minimum Gasteiger partial charge on any atom is -0.295 e. The van der Waals surface area contributed by atoms with Crippen molar-refractivity contribution in [1.29, 1.82) is 0 Å². The summed E-state index contributed by atoms with van der Waals surface area (Å²) in [4.78, 5) is 23.5. The maximum atomic E-state index is 13.8. The van der Waals surface area contributed by atoms with Crippen molar-refractivity contribution < 1.29 is 14.0 Å². The summed E-state index contributed by atoms with van der Waals surface area (Å²) >= 11 is 3.17. The first kappa shape index (κ1) is 14.0. The molecule has 0 aromatic heterocycles. The lowest BCUT2D eigenvalue weighted by molar-refractivity contribution is -0.129. The molecule has 0 bridgehead atoms. The van der Waals surface area contributed by atoms with Crippen molar-refractivity contribution >= 4 is 27.5 Å². The summed E-state index contributed by atoms with van der Waals surface area (Å²) in [6.45, 7) is 4.78. The molecule has 0 aliphatic carbocycles. The highest BCUT2D eigenvalue weighted by Crippen LogP contribution is 2.23. The average molecular weight is 301 g/mol. The van der Waals surface area contributed by atoms with E-state index in [-0.39, 0.29) is 5.56 Å². The van der Waals surface area contributed by atoms with E-state index in [2.05, 4.69) is 15.9 Å². The van der Waals surface area contributed by atoms with E-state index in [0.29, 0.717) is 4.47 Å². The predicted octanol–water partition coefficient (Wildman–Crippen LogP) is 3.59. The maximum Gasteiger partial charge on any atom is 0.221 e. The van der Waals surface area contributed by atoms with Gasteiger partial charge in [-0.3, -0.25) is 9.59 Å². The summed E-state index contributed by atoms with van der Waals surface area (Å²) in [6, 6.07) is 6.49. The first-order chi connectivity index (χ1) is 7.75. The molecule has 1 aromatic carbocycles. The van der Waals surface area contributed by atoms with E-state index in [1.807, 2.05) is 0 Å². The van der Waals surface area contributed by atoms with Gasteiger partial charge in [-0.1, -0.05) is 54.9 Å². The van der Waals surface area contributed by atoms with Gasteiger partial charge in [-0.05, 0) is 6.07 Å². The number of benzene rings is 1. The first-order valence-electron chi connectivity index (χ1n) is 5.22. The van der Waals surface area contributed by atoms with Crippen LogP contribution < -0.4 is 0 Å². The fourth-order valence-electron chi connectivity index (χ4n) is 1.30. The SMILES string of the molecule is CC(C)(C)C(=O)C(F)C(=O)c1ccccc1Br. The van der Waals surface area contributed by atoms with E-state index in [1.54, 1.807) is 39.0 Å². The fraction of sp³-hybridized carbons (Fsp3) is 0.385. The van der Waals surface area contributed by atoms with Crippen LogP contribution in [0.15, 0.2) is 28.7 Å². The lowest BCUT2D eigenvalue weighted by Gasteiger charge is -2.18. The molecule has 0 saturated heterocycles. The van der Waals surface area contributed by atoms with E-state index in [1.165, 1.54) is 6.07 Å². The van der Waals surface area contributed by atoms with Crippen molar-refractivity contribution in [3.05, 3.63) is 34.3 Å². The van der Waals surface area contributed by atoms with Gasteiger partial charge in [0, 0.05) is 15.5 Å². The van der Waals surface area contributed by atoms with Crippen LogP contribution in [0.4, 0.5) is 4.39 Å². The largest absolute Gasteiger partial charge is 0.295 e. The Morgan fingerprint density at radius 2 is 1.76 bits per heavy atom. The summed E-state index contributed by atoms with van der Waals surface area (Å²) in [5, 5.41) is 0. The van der Waals surface area contributed by atoms with Crippen molar-refractivity contribution in [2.75, 3.05) is 0 Å². The van der Waals surface area contributed by atoms with E-state index in [0.717, 1.165) is 0 Å². The zero-order valence-electron chi connectivity index (χ0n) is 9.96. The number of ketones is 2. The molecule has 0 fully saturated rings. The molecule has 2 nitrogen and oxygen atoms in total. The first-order valence-corrected chi connectivity index (χ1v) is 6.01. The van der Waals surface area contributed by atoms with Crippen LogP contribution in [0.2, 0.25) is 0 Å². The topological polar surface area (TPSA) is 34.1 Å². The second-order valence-electron chi connectivity index (χ2n) is 4.82. The van der Waals surface area contributed by atoms with Crippen LogP contribution in [-0.2, 0) is 4.79 Å². The van der Waals surface area contributed by atoms with Crippen molar-refractivity contribution in [1.82, 2.24) is 0 Å². The van der Waals surface area contributed by atoms with Crippen molar-refractivity contribution in [2.24, 2.45) is 5.41 Å². The third-order valence-corrected chi connectivity index (χ3v) is 3.03.